The predicted molar refractivity (Wildman–Crippen MR) is 91.2 cm³/mol. The smallest absolute Gasteiger partial charge is 0.270 e. The maximum absolute atomic E-state index is 12.2. The van der Waals surface area contributed by atoms with Crippen molar-refractivity contribution >= 4 is 11.9 Å². The van der Waals surface area contributed by atoms with Gasteiger partial charge in [0.2, 0.25) is 5.95 Å². The van der Waals surface area contributed by atoms with Gasteiger partial charge in [0.05, 0.1) is 12.2 Å². The lowest BCUT2D eigenvalue weighted by molar-refractivity contribution is 0.0946. The molecule has 0 radical (unpaired) electrons. The minimum Gasteiger partial charge on any atom is -0.349 e. The maximum atomic E-state index is 12.2. The van der Waals surface area contributed by atoms with Crippen molar-refractivity contribution in [2.75, 3.05) is 5.32 Å². The second-order valence-electron chi connectivity index (χ2n) is 5.11. The lowest BCUT2D eigenvalue weighted by Gasteiger charge is -2.07. The molecule has 6 heteroatoms. The predicted octanol–water partition coefficient (Wildman–Crippen LogP) is 2.41. The molecule has 120 valence electrons. The number of hydrogen-bond acceptors (Lipinski definition) is 5. The molecule has 0 saturated carbocycles. The summed E-state index contributed by atoms with van der Waals surface area (Å²) in [7, 11) is 0. The zero-order valence-corrected chi connectivity index (χ0v) is 13.0. The summed E-state index contributed by atoms with van der Waals surface area (Å²) >= 11 is 0. The molecule has 2 heterocycles. The van der Waals surface area contributed by atoms with Crippen molar-refractivity contribution in [1.29, 1.82) is 0 Å². The summed E-state index contributed by atoms with van der Waals surface area (Å²) < 4.78 is 0. The molecule has 2 N–H and O–H groups in total. The van der Waals surface area contributed by atoms with Crippen molar-refractivity contribution < 1.29 is 4.79 Å². The molecule has 3 aromatic rings. The van der Waals surface area contributed by atoms with Crippen molar-refractivity contribution in [2.45, 2.75) is 13.1 Å². The molecule has 2 aromatic heterocycles. The van der Waals surface area contributed by atoms with Crippen LogP contribution in [-0.4, -0.2) is 20.9 Å². The van der Waals surface area contributed by atoms with Crippen LogP contribution in [0.25, 0.3) is 0 Å². The van der Waals surface area contributed by atoms with E-state index in [1.807, 2.05) is 48.5 Å². The largest absolute Gasteiger partial charge is 0.349 e. The third kappa shape index (κ3) is 4.36. The van der Waals surface area contributed by atoms with Crippen LogP contribution in [0, 0.1) is 0 Å². The molecule has 24 heavy (non-hydrogen) atoms. The topological polar surface area (TPSA) is 79.8 Å². The van der Waals surface area contributed by atoms with Crippen molar-refractivity contribution in [1.82, 2.24) is 20.3 Å². The summed E-state index contributed by atoms with van der Waals surface area (Å²) in [5.41, 5.74) is 2.23. The number of benzene rings is 1. The summed E-state index contributed by atoms with van der Waals surface area (Å²) in [6.45, 7) is 0.955. The number of pyridine rings is 1. The number of anilines is 1. The summed E-state index contributed by atoms with van der Waals surface area (Å²) in [6.07, 6.45) is 3.29. The Morgan fingerprint density at radius 1 is 0.875 bits per heavy atom. The van der Waals surface area contributed by atoms with Gasteiger partial charge in [0, 0.05) is 18.9 Å². The third-order valence-corrected chi connectivity index (χ3v) is 3.34. The quantitative estimate of drug-likeness (QED) is 0.729. The molecule has 1 amide bonds. The summed E-state index contributed by atoms with van der Waals surface area (Å²) in [4.78, 5) is 24.8. The van der Waals surface area contributed by atoms with Gasteiger partial charge < -0.3 is 10.6 Å². The van der Waals surface area contributed by atoms with E-state index in [1.54, 1.807) is 18.5 Å². The van der Waals surface area contributed by atoms with Gasteiger partial charge in [-0.25, -0.2) is 9.97 Å². The molecule has 6 nitrogen and oxygen atoms in total. The standard InChI is InChI=1S/C18H17N5O/c24-17(21-12-14-6-2-1-3-7-14)16-9-11-20-18(23-16)22-13-15-8-4-5-10-19-15/h1-11H,12-13H2,(H,21,24)(H,20,22,23). The van der Waals surface area contributed by atoms with E-state index in [0.717, 1.165) is 11.3 Å². The van der Waals surface area contributed by atoms with E-state index in [-0.39, 0.29) is 5.91 Å². The molecule has 0 spiro atoms. The van der Waals surface area contributed by atoms with Crippen LogP contribution in [0.4, 0.5) is 5.95 Å². The second kappa shape index (κ2) is 7.82. The zero-order valence-electron chi connectivity index (χ0n) is 13.0. The minimum absolute atomic E-state index is 0.234. The van der Waals surface area contributed by atoms with Crippen molar-refractivity contribution in [3.63, 3.8) is 0 Å². The molecular formula is C18H17N5O. The Balaban J connectivity index is 1.59. The average Bonchev–Trinajstić information content (AvgIpc) is 2.66. The highest BCUT2D eigenvalue weighted by Gasteiger charge is 2.08. The number of nitrogens with one attached hydrogen (secondary N) is 2. The molecule has 0 unspecified atom stereocenters. The Hall–Kier alpha value is -3.28. The van der Waals surface area contributed by atoms with Crippen LogP contribution in [0.3, 0.4) is 0 Å². The Morgan fingerprint density at radius 2 is 1.71 bits per heavy atom. The van der Waals surface area contributed by atoms with Gasteiger partial charge in [0.25, 0.3) is 5.91 Å². The summed E-state index contributed by atoms with van der Waals surface area (Å²) in [5.74, 6) is 0.162. The number of hydrogen-bond donors (Lipinski definition) is 2. The van der Waals surface area contributed by atoms with E-state index in [1.165, 1.54) is 0 Å². The van der Waals surface area contributed by atoms with Crippen molar-refractivity contribution in [3.8, 4) is 0 Å². The number of rotatable bonds is 6. The first kappa shape index (κ1) is 15.6. The summed E-state index contributed by atoms with van der Waals surface area (Å²) in [5, 5.41) is 5.91. The number of nitrogens with zero attached hydrogens (tertiary/aromatic N) is 3. The lowest BCUT2D eigenvalue weighted by Crippen LogP contribution is -2.24. The lowest BCUT2D eigenvalue weighted by atomic mass is 10.2. The van der Waals surface area contributed by atoms with Crippen LogP contribution in [0.15, 0.2) is 67.0 Å². The van der Waals surface area contributed by atoms with Crippen LogP contribution in [0.5, 0.6) is 0 Å². The highest BCUT2D eigenvalue weighted by atomic mass is 16.1. The van der Waals surface area contributed by atoms with E-state index in [0.29, 0.717) is 24.7 Å². The van der Waals surface area contributed by atoms with Gasteiger partial charge in [-0.3, -0.25) is 9.78 Å². The van der Waals surface area contributed by atoms with Gasteiger partial charge in [-0.2, -0.15) is 0 Å². The highest BCUT2D eigenvalue weighted by molar-refractivity contribution is 5.92. The Morgan fingerprint density at radius 3 is 2.50 bits per heavy atom. The molecule has 0 atom stereocenters. The maximum Gasteiger partial charge on any atom is 0.270 e. The average molecular weight is 319 g/mol. The number of carbonyl (C=O) groups is 1. The fraction of sp³-hybridized carbons (Fsp3) is 0.111. The monoisotopic (exact) mass is 319 g/mol. The third-order valence-electron chi connectivity index (χ3n) is 3.34. The van der Waals surface area contributed by atoms with Crippen LogP contribution in [-0.2, 0) is 13.1 Å². The first-order chi connectivity index (χ1) is 11.8. The fourth-order valence-electron chi connectivity index (χ4n) is 2.11. The molecule has 0 aliphatic carbocycles. The summed E-state index contributed by atoms with van der Waals surface area (Å²) in [6, 6.07) is 17.0. The van der Waals surface area contributed by atoms with Gasteiger partial charge in [-0.1, -0.05) is 36.4 Å². The fourth-order valence-corrected chi connectivity index (χ4v) is 2.11. The molecule has 1 aromatic carbocycles. The van der Waals surface area contributed by atoms with E-state index >= 15 is 0 Å². The number of aromatic nitrogens is 3. The first-order valence-corrected chi connectivity index (χ1v) is 7.60. The molecule has 0 fully saturated rings. The molecule has 0 saturated heterocycles. The van der Waals surface area contributed by atoms with Crippen molar-refractivity contribution in [2.24, 2.45) is 0 Å². The normalized spacial score (nSPS) is 10.2. The van der Waals surface area contributed by atoms with Crippen LogP contribution >= 0.6 is 0 Å². The van der Waals surface area contributed by atoms with Gasteiger partial charge in [-0.15, -0.1) is 0 Å². The molecule has 0 bridgehead atoms. The van der Waals surface area contributed by atoms with Crippen LogP contribution in [0.1, 0.15) is 21.7 Å². The van der Waals surface area contributed by atoms with E-state index in [2.05, 4.69) is 25.6 Å². The SMILES string of the molecule is O=C(NCc1ccccc1)c1ccnc(NCc2ccccn2)n1. The van der Waals surface area contributed by atoms with E-state index in [4.69, 9.17) is 0 Å². The minimum atomic E-state index is -0.234. The molecule has 0 aliphatic rings. The highest BCUT2D eigenvalue weighted by Crippen LogP contribution is 2.04. The van der Waals surface area contributed by atoms with Crippen LogP contribution in [0.2, 0.25) is 0 Å². The molecule has 3 rings (SSSR count). The Kier molecular flexibility index (Phi) is 5.09. The Labute approximate surface area is 140 Å². The zero-order chi connectivity index (χ0) is 16.6. The van der Waals surface area contributed by atoms with Crippen LogP contribution < -0.4 is 10.6 Å². The number of carbonyl (C=O) groups excluding carboxylic acids is 1. The molecule has 0 aliphatic heterocycles. The van der Waals surface area contributed by atoms with Crippen molar-refractivity contribution in [3.05, 3.63) is 83.9 Å². The van der Waals surface area contributed by atoms with Gasteiger partial charge in [-0.05, 0) is 23.8 Å². The molecular weight excluding hydrogens is 302 g/mol. The first-order valence-electron chi connectivity index (χ1n) is 7.60. The van der Waals surface area contributed by atoms with Gasteiger partial charge in [0.1, 0.15) is 5.69 Å². The number of amides is 1. The van der Waals surface area contributed by atoms with E-state index < -0.39 is 0 Å². The van der Waals surface area contributed by atoms with Gasteiger partial charge in [0.15, 0.2) is 0 Å². The Bertz CT molecular complexity index is 793. The van der Waals surface area contributed by atoms with E-state index in [9.17, 15) is 4.79 Å². The van der Waals surface area contributed by atoms with Gasteiger partial charge >= 0.3 is 0 Å². The second-order valence-corrected chi connectivity index (χ2v) is 5.11.